The summed E-state index contributed by atoms with van der Waals surface area (Å²) in [5.74, 6) is 0. The van der Waals surface area contributed by atoms with Crippen molar-refractivity contribution in [3.63, 3.8) is 0 Å². The highest BCUT2D eigenvalue weighted by molar-refractivity contribution is 7.89. The normalized spacial score (nSPS) is 11.3. The van der Waals surface area contributed by atoms with E-state index in [1.54, 1.807) is 0 Å². The smallest absolute Gasteiger partial charge is 0.270 e. The number of nitro groups is 1. The summed E-state index contributed by atoms with van der Waals surface area (Å²) in [7, 11) is -4.06. The zero-order valence-electron chi connectivity index (χ0n) is 13.4. The van der Waals surface area contributed by atoms with Crippen molar-refractivity contribution in [2.75, 3.05) is 11.9 Å². The van der Waals surface area contributed by atoms with Crippen LogP contribution in [-0.2, 0) is 16.4 Å². The molecular weight excluding hydrogens is 330 g/mol. The molecule has 2 aromatic carbocycles. The Kier molecular flexibility index (Phi) is 5.20. The summed E-state index contributed by atoms with van der Waals surface area (Å²) in [4.78, 5) is 9.86. The molecule has 2 aromatic rings. The maximum absolute atomic E-state index is 11.7. The van der Waals surface area contributed by atoms with Gasteiger partial charge in [0.25, 0.3) is 5.69 Å². The number of sulfonamides is 1. The molecule has 24 heavy (non-hydrogen) atoms. The van der Waals surface area contributed by atoms with Crippen LogP contribution >= 0.6 is 0 Å². The van der Waals surface area contributed by atoms with Crippen LogP contribution in [0.25, 0.3) is 0 Å². The predicted molar refractivity (Wildman–Crippen MR) is 92.6 cm³/mol. The van der Waals surface area contributed by atoms with Crippen LogP contribution in [0.4, 0.5) is 11.4 Å². The highest BCUT2D eigenvalue weighted by atomic mass is 32.2. The van der Waals surface area contributed by atoms with E-state index in [1.165, 1.54) is 12.1 Å². The Bertz CT molecular complexity index is 859. The third-order valence-corrected chi connectivity index (χ3v) is 4.44. The lowest BCUT2D eigenvalue weighted by molar-refractivity contribution is -0.385. The van der Waals surface area contributed by atoms with Gasteiger partial charge in [0.1, 0.15) is 4.90 Å². The van der Waals surface area contributed by atoms with Gasteiger partial charge in [0.05, 0.1) is 10.6 Å². The first kappa shape index (κ1) is 17.9. The molecule has 0 radical (unpaired) electrons. The van der Waals surface area contributed by atoms with Gasteiger partial charge >= 0.3 is 0 Å². The molecule has 8 heteroatoms. The monoisotopic (exact) mass is 349 g/mol. The maximum Gasteiger partial charge on any atom is 0.270 e. The molecule has 0 aliphatic heterocycles. The first-order valence-electron chi connectivity index (χ1n) is 7.29. The molecule has 0 spiro atoms. The number of primary sulfonamides is 1. The number of nitrogens with one attached hydrogen (secondary N) is 1. The van der Waals surface area contributed by atoms with Crippen LogP contribution in [-0.4, -0.2) is 19.9 Å². The van der Waals surface area contributed by atoms with E-state index in [0.29, 0.717) is 13.0 Å². The molecule has 3 N–H and O–H groups in total. The maximum atomic E-state index is 11.7. The number of rotatable bonds is 6. The van der Waals surface area contributed by atoms with Gasteiger partial charge in [-0.25, -0.2) is 13.6 Å². The largest absolute Gasteiger partial charge is 0.384 e. The number of anilines is 1. The third-order valence-electron chi connectivity index (χ3n) is 3.49. The van der Waals surface area contributed by atoms with Gasteiger partial charge in [0, 0.05) is 18.7 Å². The fourth-order valence-electron chi connectivity index (χ4n) is 2.56. The van der Waals surface area contributed by atoms with Gasteiger partial charge in [0.15, 0.2) is 0 Å². The quantitative estimate of drug-likeness (QED) is 0.614. The standard InChI is InChI=1S/C16H19N3O4S/c1-11-7-12(2)9-13(8-11)5-6-18-15-4-3-14(19(20)21)10-16(15)24(17,22)23/h3-4,7-10,18H,5-6H2,1-2H3,(H2,17,22,23). The molecule has 0 atom stereocenters. The van der Waals surface area contributed by atoms with Crippen LogP contribution in [0.5, 0.6) is 0 Å². The first-order valence-corrected chi connectivity index (χ1v) is 8.84. The highest BCUT2D eigenvalue weighted by Crippen LogP contribution is 2.25. The summed E-state index contributed by atoms with van der Waals surface area (Å²) in [6.07, 6.45) is 0.684. The van der Waals surface area contributed by atoms with E-state index in [0.717, 1.165) is 22.8 Å². The average molecular weight is 349 g/mol. The van der Waals surface area contributed by atoms with Crippen molar-refractivity contribution in [3.05, 3.63) is 63.2 Å². The number of nitrogens with two attached hydrogens (primary N) is 1. The van der Waals surface area contributed by atoms with Crippen LogP contribution in [0.2, 0.25) is 0 Å². The minimum absolute atomic E-state index is 0.257. The van der Waals surface area contributed by atoms with Gasteiger partial charge in [-0.3, -0.25) is 10.1 Å². The van der Waals surface area contributed by atoms with E-state index >= 15 is 0 Å². The molecule has 0 unspecified atom stereocenters. The van der Waals surface area contributed by atoms with Crippen molar-refractivity contribution in [1.29, 1.82) is 0 Å². The topological polar surface area (TPSA) is 115 Å². The van der Waals surface area contributed by atoms with Crippen LogP contribution in [0.1, 0.15) is 16.7 Å². The SMILES string of the molecule is Cc1cc(C)cc(CCNc2ccc([N+](=O)[O-])cc2S(N)(=O)=O)c1. The van der Waals surface area contributed by atoms with Crippen molar-refractivity contribution < 1.29 is 13.3 Å². The van der Waals surface area contributed by atoms with E-state index in [9.17, 15) is 18.5 Å². The molecule has 7 nitrogen and oxygen atoms in total. The summed E-state index contributed by atoms with van der Waals surface area (Å²) >= 11 is 0. The van der Waals surface area contributed by atoms with Gasteiger partial charge < -0.3 is 5.32 Å². The average Bonchev–Trinajstić information content (AvgIpc) is 2.45. The second-order valence-electron chi connectivity index (χ2n) is 5.66. The Labute approximate surface area is 140 Å². The van der Waals surface area contributed by atoms with Crippen molar-refractivity contribution in [3.8, 4) is 0 Å². The number of hydrogen-bond acceptors (Lipinski definition) is 5. The van der Waals surface area contributed by atoms with E-state index in [4.69, 9.17) is 5.14 Å². The van der Waals surface area contributed by atoms with Gasteiger partial charge in [-0.15, -0.1) is 0 Å². The van der Waals surface area contributed by atoms with E-state index in [-0.39, 0.29) is 16.3 Å². The van der Waals surface area contributed by atoms with Gasteiger partial charge in [-0.1, -0.05) is 29.3 Å². The van der Waals surface area contributed by atoms with E-state index < -0.39 is 14.9 Å². The van der Waals surface area contributed by atoms with Crippen molar-refractivity contribution in [2.24, 2.45) is 5.14 Å². The number of nitrogens with zero attached hydrogens (tertiary/aromatic N) is 1. The van der Waals surface area contributed by atoms with Crippen molar-refractivity contribution >= 4 is 21.4 Å². The fourth-order valence-corrected chi connectivity index (χ4v) is 3.29. The second-order valence-corrected chi connectivity index (χ2v) is 7.19. The summed E-state index contributed by atoms with van der Waals surface area (Å²) in [6, 6.07) is 9.77. The highest BCUT2D eigenvalue weighted by Gasteiger charge is 2.18. The number of hydrogen-bond donors (Lipinski definition) is 2. The lowest BCUT2D eigenvalue weighted by Gasteiger charge is -2.11. The zero-order chi connectivity index (χ0) is 17.9. The molecule has 0 amide bonds. The number of benzene rings is 2. The number of aryl methyl sites for hydroxylation is 2. The molecule has 0 bridgehead atoms. The molecule has 0 saturated heterocycles. The van der Waals surface area contributed by atoms with E-state index in [1.807, 2.05) is 13.8 Å². The Morgan fingerprint density at radius 3 is 2.29 bits per heavy atom. The van der Waals surface area contributed by atoms with Crippen LogP contribution in [0.3, 0.4) is 0 Å². The molecule has 0 saturated carbocycles. The first-order chi connectivity index (χ1) is 11.2. The Morgan fingerprint density at radius 2 is 1.75 bits per heavy atom. The minimum atomic E-state index is -4.06. The van der Waals surface area contributed by atoms with Crippen LogP contribution < -0.4 is 10.5 Å². The fraction of sp³-hybridized carbons (Fsp3) is 0.250. The van der Waals surface area contributed by atoms with Crippen molar-refractivity contribution in [2.45, 2.75) is 25.2 Å². The summed E-state index contributed by atoms with van der Waals surface area (Å²) in [5, 5.41) is 19.0. The molecule has 2 rings (SSSR count). The van der Waals surface area contributed by atoms with Gasteiger partial charge in [-0.2, -0.15) is 0 Å². The Morgan fingerprint density at radius 1 is 1.12 bits per heavy atom. The number of nitro benzene ring substituents is 1. The Hall–Kier alpha value is -2.45. The van der Waals surface area contributed by atoms with E-state index in [2.05, 4.69) is 23.5 Å². The van der Waals surface area contributed by atoms with Crippen LogP contribution in [0, 0.1) is 24.0 Å². The molecule has 128 valence electrons. The zero-order valence-corrected chi connectivity index (χ0v) is 14.3. The van der Waals surface area contributed by atoms with Gasteiger partial charge in [0.2, 0.25) is 10.0 Å². The molecule has 0 aliphatic rings. The third kappa shape index (κ3) is 4.53. The second kappa shape index (κ2) is 6.98. The summed E-state index contributed by atoms with van der Waals surface area (Å²) < 4.78 is 23.3. The summed E-state index contributed by atoms with van der Waals surface area (Å²) in [6.45, 7) is 4.50. The number of non-ortho nitro benzene ring substituents is 1. The molecule has 0 aliphatic carbocycles. The lowest BCUT2D eigenvalue weighted by atomic mass is 10.1. The summed E-state index contributed by atoms with van der Waals surface area (Å²) in [5.41, 5.74) is 3.38. The molecule has 0 fully saturated rings. The molecular formula is C16H19N3O4S. The minimum Gasteiger partial charge on any atom is -0.384 e. The molecule has 0 heterocycles. The lowest BCUT2D eigenvalue weighted by Crippen LogP contribution is -2.16. The molecule has 0 aromatic heterocycles. The Balaban J connectivity index is 2.19. The predicted octanol–water partition coefficient (Wildman–Crippen LogP) is 2.51. The van der Waals surface area contributed by atoms with Crippen molar-refractivity contribution in [1.82, 2.24) is 0 Å². The van der Waals surface area contributed by atoms with Crippen LogP contribution in [0.15, 0.2) is 41.3 Å². The van der Waals surface area contributed by atoms with Gasteiger partial charge in [-0.05, 0) is 31.9 Å².